The van der Waals surface area contributed by atoms with Crippen LogP contribution in [0.3, 0.4) is 0 Å². The van der Waals surface area contributed by atoms with Crippen molar-refractivity contribution in [1.82, 2.24) is 24.9 Å². The van der Waals surface area contributed by atoms with Gasteiger partial charge in [-0.1, -0.05) is 35.5 Å². The van der Waals surface area contributed by atoms with Gasteiger partial charge < -0.3 is 9.42 Å². The molecule has 164 valence electrons. The first-order chi connectivity index (χ1) is 15.7. The minimum absolute atomic E-state index is 0.132. The predicted octanol–water partition coefficient (Wildman–Crippen LogP) is 4.12. The third-order valence-electron chi connectivity index (χ3n) is 5.55. The van der Waals surface area contributed by atoms with E-state index in [1.807, 2.05) is 52.9 Å². The fourth-order valence-corrected chi connectivity index (χ4v) is 5.40. The molecule has 0 bridgehead atoms. The van der Waals surface area contributed by atoms with Gasteiger partial charge in [0.15, 0.2) is 0 Å². The van der Waals surface area contributed by atoms with Crippen LogP contribution >= 0.6 is 22.7 Å². The Balaban J connectivity index is 1.13. The highest BCUT2D eigenvalue weighted by Gasteiger charge is 2.23. The zero-order valence-electron chi connectivity index (χ0n) is 17.7. The molecule has 1 saturated heterocycles. The number of thiazole rings is 1. The van der Waals surface area contributed by atoms with Crippen molar-refractivity contribution in [3.05, 3.63) is 64.3 Å². The lowest BCUT2D eigenvalue weighted by atomic mass is 10.1. The monoisotopic (exact) mass is 465 g/mol. The first kappa shape index (κ1) is 21.0. The van der Waals surface area contributed by atoms with Crippen molar-refractivity contribution >= 4 is 28.6 Å². The van der Waals surface area contributed by atoms with E-state index >= 15 is 0 Å². The fraction of sp³-hybridized carbons (Fsp3) is 0.304. The number of aromatic nitrogens is 3. The summed E-state index contributed by atoms with van der Waals surface area (Å²) in [6.07, 6.45) is 0.353. The van der Waals surface area contributed by atoms with Gasteiger partial charge in [0, 0.05) is 37.1 Å². The van der Waals surface area contributed by atoms with Crippen LogP contribution in [-0.4, -0.2) is 57.0 Å². The topological polar surface area (TPSA) is 75.4 Å². The lowest BCUT2D eigenvalue weighted by Crippen LogP contribution is -2.48. The molecule has 1 aliphatic rings. The molecule has 9 heteroatoms. The van der Waals surface area contributed by atoms with Crippen LogP contribution in [0, 0.1) is 6.92 Å². The molecule has 0 atom stereocenters. The van der Waals surface area contributed by atoms with Crippen molar-refractivity contribution in [2.75, 3.05) is 26.2 Å². The molecule has 1 aliphatic heterocycles. The number of amides is 1. The average Bonchev–Trinajstić information content (AvgIpc) is 3.57. The van der Waals surface area contributed by atoms with Crippen LogP contribution in [0.4, 0.5) is 0 Å². The van der Waals surface area contributed by atoms with Crippen molar-refractivity contribution in [2.45, 2.75) is 19.9 Å². The molecule has 4 aromatic rings. The molecule has 0 saturated carbocycles. The number of piperazine rings is 1. The molecule has 0 unspecified atom stereocenters. The third-order valence-corrected chi connectivity index (χ3v) is 7.48. The van der Waals surface area contributed by atoms with Crippen LogP contribution in [-0.2, 0) is 17.8 Å². The van der Waals surface area contributed by atoms with Gasteiger partial charge in [-0.15, -0.1) is 22.7 Å². The summed E-state index contributed by atoms with van der Waals surface area (Å²) >= 11 is 3.26. The van der Waals surface area contributed by atoms with Gasteiger partial charge in [0.05, 0.1) is 23.5 Å². The first-order valence-corrected chi connectivity index (χ1v) is 12.3. The van der Waals surface area contributed by atoms with Gasteiger partial charge in [0.2, 0.25) is 17.6 Å². The van der Waals surface area contributed by atoms with Gasteiger partial charge in [-0.05, 0) is 23.9 Å². The van der Waals surface area contributed by atoms with Crippen LogP contribution in [0.15, 0.2) is 51.7 Å². The van der Waals surface area contributed by atoms with E-state index in [2.05, 4.69) is 26.1 Å². The second kappa shape index (κ2) is 9.32. The molecule has 0 aliphatic carbocycles. The van der Waals surface area contributed by atoms with E-state index in [1.54, 1.807) is 22.7 Å². The van der Waals surface area contributed by atoms with Crippen LogP contribution in [0.2, 0.25) is 0 Å². The highest BCUT2D eigenvalue weighted by molar-refractivity contribution is 7.20. The quantitative estimate of drug-likeness (QED) is 0.426. The normalized spacial score (nSPS) is 14.7. The van der Waals surface area contributed by atoms with Gasteiger partial charge in [-0.2, -0.15) is 4.98 Å². The number of carbonyl (C=O) groups excluding carboxylic acids is 1. The summed E-state index contributed by atoms with van der Waals surface area (Å²) in [4.78, 5) is 27.3. The maximum Gasteiger partial charge on any atom is 0.241 e. The van der Waals surface area contributed by atoms with E-state index in [9.17, 15) is 4.79 Å². The Morgan fingerprint density at radius 2 is 1.91 bits per heavy atom. The molecular weight excluding hydrogens is 442 g/mol. The van der Waals surface area contributed by atoms with Crippen LogP contribution in [0.25, 0.3) is 21.3 Å². The maximum absolute atomic E-state index is 12.8. The third kappa shape index (κ3) is 4.64. The van der Waals surface area contributed by atoms with Crippen molar-refractivity contribution in [2.24, 2.45) is 0 Å². The van der Waals surface area contributed by atoms with Crippen LogP contribution < -0.4 is 0 Å². The van der Waals surface area contributed by atoms with E-state index in [1.165, 1.54) is 0 Å². The summed E-state index contributed by atoms with van der Waals surface area (Å²) in [6, 6.07) is 12.1. The summed E-state index contributed by atoms with van der Waals surface area (Å²) in [5.41, 5.74) is 2.96. The molecule has 4 heterocycles. The van der Waals surface area contributed by atoms with Gasteiger partial charge in [0.1, 0.15) is 5.01 Å². The Morgan fingerprint density at radius 1 is 1.06 bits per heavy atom. The maximum atomic E-state index is 12.8. The van der Waals surface area contributed by atoms with Gasteiger partial charge >= 0.3 is 0 Å². The average molecular weight is 466 g/mol. The molecule has 32 heavy (non-hydrogen) atoms. The minimum atomic E-state index is 0.132. The van der Waals surface area contributed by atoms with Crippen molar-refractivity contribution < 1.29 is 9.32 Å². The summed E-state index contributed by atoms with van der Waals surface area (Å²) in [6.45, 7) is 5.59. The Morgan fingerprint density at radius 3 is 2.69 bits per heavy atom. The lowest BCUT2D eigenvalue weighted by molar-refractivity contribution is -0.132. The largest absolute Gasteiger partial charge is 0.340 e. The Bertz CT molecular complexity index is 1190. The lowest BCUT2D eigenvalue weighted by Gasteiger charge is -2.33. The van der Waals surface area contributed by atoms with Gasteiger partial charge in [-0.25, -0.2) is 4.98 Å². The molecule has 7 nitrogen and oxygen atoms in total. The molecule has 3 aromatic heterocycles. The van der Waals surface area contributed by atoms with Gasteiger partial charge in [0.25, 0.3) is 0 Å². The second-order valence-electron chi connectivity index (χ2n) is 7.78. The molecule has 0 N–H and O–H groups in total. The van der Waals surface area contributed by atoms with Crippen LogP contribution in [0.5, 0.6) is 0 Å². The minimum Gasteiger partial charge on any atom is -0.340 e. The Kier molecular flexibility index (Phi) is 6.11. The summed E-state index contributed by atoms with van der Waals surface area (Å²) in [7, 11) is 0. The summed E-state index contributed by atoms with van der Waals surface area (Å²) < 4.78 is 5.47. The Hall–Kier alpha value is -2.88. The molecule has 5 rings (SSSR count). The SMILES string of the molecule is Cc1ccccc1-c1noc(CN2CCN(C(=O)Cc3csc(-c4cccs4)n3)CC2)n1. The number of hydrogen-bond donors (Lipinski definition) is 0. The van der Waals surface area contributed by atoms with E-state index in [4.69, 9.17) is 4.52 Å². The molecular formula is C23H23N5O2S2. The molecule has 1 amide bonds. The van der Waals surface area contributed by atoms with E-state index in [-0.39, 0.29) is 5.91 Å². The molecule has 1 fully saturated rings. The molecule has 1 aromatic carbocycles. The molecule has 0 spiro atoms. The van der Waals surface area contributed by atoms with E-state index in [0.29, 0.717) is 37.8 Å². The number of thiophene rings is 1. The zero-order chi connectivity index (χ0) is 21.9. The van der Waals surface area contributed by atoms with Crippen molar-refractivity contribution in [3.8, 4) is 21.3 Å². The van der Waals surface area contributed by atoms with Gasteiger partial charge in [-0.3, -0.25) is 9.69 Å². The second-order valence-corrected chi connectivity index (χ2v) is 9.59. The van der Waals surface area contributed by atoms with E-state index < -0.39 is 0 Å². The number of carbonyl (C=O) groups is 1. The smallest absolute Gasteiger partial charge is 0.241 e. The fourth-order valence-electron chi connectivity index (χ4n) is 3.77. The number of aryl methyl sites for hydroxylation is 1. The number of benzene rings is 1. The predicted molar refractivity (Wildman–Crippen MR) is 125 cm³/mol. The highest BCUT2D eigenvalue weighted by Crippen LogP contribution is 2.28. The van der Waals surface area contributed by atoms with Crippen LogP contribution in [0.1, 0.15) is 17.1 Å². The standard InChI is InChI=1S/C23H23N5O2S2/c1-16-5-2-3-6-18(16)22-25-20(30-26-22)14-27-8-10-28(11-9-27)21(29)13-17-15-32-23(24-17)19-7-4-12-31-19/h2-7,12,15H,8-11,13-14H2,1H3. The Labute approximate surface area is 194 Å². The number of hydrogen-bond acceptors (Lipinski definition) is 8. The van der Waals surface area contributed by atoms with E-state index in [0.717, 1.165) is 39.8 Å². The number of nitrogens with zero attached hydrogens (tertiary/aromatic N) is 5. The summed E-state index contributed by atoms with van der Waals surface area (Å²) in [5.74, 6) is 1.36. The summed E-state index contributed by atoms with van der Waals surface area (Å²) in [5, 5.41) is 9.16. The van der Waals surface area contributed by atoms with Crippen molar-refractivity contribution in [1.29, 1.82) is 0 Å². The molecule has 0 radical (unpaired) electrons. The highest BCUT2D eigenvalue weighted by atomic mass is 32.1. The first-order valence-electron chi connectivity index (χ1n) is 10.5. The number of rotatable bonds is 6. The van der Waals surface area contributed by atoms with Crippen molar-refractivity contribution in [3.63, 3.8) is 0 Å². The zero-order valence-corrected chi connectivity index (χ0v) is 19.4.